The molecule has 29 heavy (non-hydrogen) atoms. The number of carbonyl (C=O) groups excluding carboxylic acids is 1. The smallest absolute Gasteiger partial charge is 0.422 e. The van der Waals surface area contributed by atoms with Crippen LogP contribution in [0.4, 0.5) is 13.2 Å². The largest absolute Gasteiger partial charge is 0.475 e. The van der Waals surface area contributed by atoms with Crippen LogP contribution in [-0.4, -0.2) is 33.6 Å². The fourth-order valence-corrected chi connectivity index (χ4v) is 4.02. The highest BCUT2D eigenvalue weighted by Gasteiger charge is 2.46. The zero-order valence-corrected chi connectivity index (χ0v) is 16.5. The lowest BCUT2D eigenvalue weighted by molar-refractivity contribution is -0.152. The van der Waals surface area contributed by atoms with Crippen molar-refractivity contribution in [3.8, 4) is 5.06 Å². The highest BCUT2D eigenvalue weighted by molar-refractivity contribution is 7.13. The Morgan fingerprint density at radius 2 is 2.14 bits per heavy atom. The number of pyridine rings is 1. The minimum absolute atomic E-state index is 0.0192. The van der Waals surface area contributed by atoms with E-state index in [2.05, 4.69) is 20.3 Å². The van der Waals surface area contributed by atoms with Gasteiger partial charge in [0.1, 0.15) is 11.3 Å². The first-order valence-corrected chi connectivity index (χ1v) is 9.94. The average molecular weight is 424 g/mol. The van der Waals surface area contributed by atoms with Gasteiger partial charge in [-0.2, -0.15) is 13.2 Å². The Bertz CT molecular complexity index is 1050. The van der Waals surface area contributed by atoms with Gasteiger partial charge in [-0.25, -0.2) is 9.97 Å². The molecule has 154 valence electrons. The molecule has 0 aliphatic heterocycles. The number of rotatable bonds is 6. The van der Waals surface area contributed by atoms with E-state index >= 15 is 0 Å². The number of nitrogens with one attached hydrogen (secondary N) is 2. The Labute approximate surface area is 168 Å². The third-order valence-electron chi connectivity index (χ3n) is 4.74. The van der Waals surface area contributed by atoms with Crippen molar-refractivity contribution in [2.75, 3.05) is 6.61 Å². The molecule has 6 nitrogen and oxygen atoms in total. The number of halogens is 3. The summed E-state index contributed by atoms with van der Waals surface area (Å²) in [5.41, 5.74) is 2.38. The van der Waals surface area contributed by atoms with Gasteiger partial charge in [-0.15, -0.1) is 11.3 Å². The fourth-order valence-electron chi connectivity index (χ4n) is 3.16. The molecule has 10 heteroatoms. The average Bonchev–Trinajstić information content (AvgIpc) is 3.11. The molecule has 3 atom stereocenters. The Kier molecular flexibility index (Phi) is 4.97. The molecular weight excluding hydrogens is 405 g/mol. The molecule has 4 rings (SSSR count). The van der Waals surface area contributed by atoms with E-state index in [1.165, 1.54) is 6.07 Å². The number of carbonyl (C=O) groups is 1. The standard InChI is InChI=1S/C19H19F3N4O2S/c1-9-3-4-13-17(23-9)26-16(25-13)11-7-12(11)18(27)24-10(2)14-5-6-15(29-14)28-8-19(20,21)22/h3-6,10-12H,7-8H2,1-2H3,(H,24,27)(H,23,25,26)/t10?,11-,12-/m0/s1. The number of aromatic nitrogens is 3. The topological polar surface area (TPSA) is 79.9 Å². The molecule has 0 radical (unpaired) electrons. The van der Waals surface area contributed by atoms with Crippen LogP contribution in [0.15, 0.2) is 24.3 Å². The SMILES string of the molecule is Cc1ccc2nc([C@H]3C[C@@H]3C(=O)NC(C)c3ccc(OCC(F)(F)F)s3)[nH]c2n1. The van der Waals surface area contributed by atoms with E-state index in [9.17, 15) is 18.0 Å². The summed E-state index contributed by atoms with van der Waals surface area (Å²) in [5.74, 6) is 0.494. The Morgan fingerprint density at radius 3 is 2.90 bits per heavy atom. The van der Waals surface area contributed by atoms with Gasteiger partial charge in [-0.3, -0.25) is 4.79 Å². The van der Waals surface area contributed by atoms with E-state index in [0.29, 0.717) is 12.1 Å². The summed E-state index contributed by atoms with van der Waals surface area (Å²) >= 11 is 1.09. The van der Waals surface area contributed by atoms with E-state index in [1.54, 1.807) is 13.0 Å². The number of ether oxygens (including phenoxy) is 1. The summed E-state index contributed by atoms with van der Waals surface area (Å²) in [4.78, 5) is 25.4. The van der Waals surface area contributed by atoms with Crippen molar-refractivity contribution in [2.24, 2.45) is 5.92 Å². The summed E-state index contributed by atoms with van der Waals surface area (Å²) in [6.07, 6.45) is -3.68. The van der Waals surface area contributed by atoms with Crippen molar-refractivity contribution in [3.05, 3.63) is 40.7 Å². The van der Waals surface area contributed by atoms with Crippen LogP contribution in [0.25, 0.3) is 11.2 Å². The van der Waals surface area contributed by atoms with Gasteiger partial charge < -0.3 is 15.0 Å². The number of H-pyrrole nitrogens is 1. The van der Waals surface area contributed by atoms with Crippen molar-refractivity contribution < 1.29 is 22.7 Å². The van der Waals surface area contributed by atoms with Crippen LogP contribution < -0.4 is 10.1 Å². The lowest BCUT2D eigenvalue weighted by Crippen LogP contribution is -2.28. The summed E-state index contributed by atoms with van der Waals surface area (Å²) in [6, 6.07) is 6.61. The van der Waals surface area contributed by atoms with E-state index in [4.69, 9.17) is 4.74 Å². The third-order valence-corrected chi connectivity index (χ3v) is 5.93. The number of nitrogens with zero attached hydrogens (tertiary/aromatic N) is 2. The zero-order valence-electron chi connectivity index (χ0n) is 15.7. The number of amides is 1. The van der Waals surface area contributed by atoms with Crippen LogP contribution in [0.2, 0.25) is 0 Å². The van der Waals surface area contributed by atoms with Crippen LogP contribution in [-0.2, 0) is 4.79 Å². The first-order chi connectivity index (χ1) is 13.7. The van der Waals surface area contributed by atoms with Crippen molar-refractivity contribution >= 4 is 28.4 Å². The van der Waals surface area contributed by atoms with Crippen molar-refractivity contribution in [2.45, 2.75) is 38.4 Å². The van der Waals surface area contributed by atoms with Gasteiger partial charge >= 0.3 is 6.18 Å². The molecule has 0 bridgehead atoms. The van der Waals surface area contributed by atoms with Gasteiger partial charge in [0, 0.05) is 22.4 Å². The van der Waals surface area contributed by atoms with Crippen LogP contribution >= 0.6 is 11.3 Å². The maximum Gasteiger partial charge on any atom is 0.422 e. The normalized spacial score (nSPS) is 19.9. The zero-order chi connectivity index (χ0) is 20.8. The second kappa shape index (κ2) is 7.33. The van der Waals surface area contributed by atoms with Crippen LogP contribution in [0.1, 0.15) is 41.7 Å². The van der Waals surface area contributed by atoms with Gasteiger partial charge in [-0.1, -0.05) is 0 Å². The maximum absolute atomic E-state index is 12.6. The van der Waals surface area contributed by atoms with Gasteiger partial charge in [0.2, 0.25) is 5.91 Å². The first kappa shape index (κ1) is 19.7. The molecule has 2 N–H and O–H groups in total. The molecule has 1 unspecified atom stereocenters. The summed E-state index contributed by atoms with van der Waals surface area (Å²) in [7, 11) is 0. The van der Waals surface area contributed by atoms with Gasteiger partial charge in [0.15, 0.2) is 17.3 Å². The lowest BCUT2D eigenvalue weighted by Gasteiger charge is -2.12. The molecule has 1 amide bonds. The molecule has 1 aliphatic rings. The molecule has 3 heterocycles. The number of alkyl halides is 3. The quantitative estimate of drug-likeness (QED) is 0.620. The van der Waals surface area contributed by atoms with E-state index < -0.39 is 12.8 Å². The number of aryl methyl sites for hydroxylation is 1. The van der Waals surface area contributed by atoms with E-state index in [-0.39, 0.29) is 28.8 Å². The van der Waals surface area contributed by atoms with Crippen LogP contribution in [0.3, 0.4) is 0 Å². The number of aromatic amines is 1. The Balaban J connectivity index is 1.34. The first-order valence-electron chi connectivity index (χ1n) is 9.12. The number of imidazole rings is 1. The van der Waals surface area contributed by atoms with E-state index in [0.717, 1.165) is 33.2 Å². The predicted molar refractivity (Wildman–Crippen MR) is 102 cm³/mol. The van der Waals surface area contributed by atoms with E-state index in [1.807, 2.05) is 19.1 Å². The molecule has 0 spiro atoms. The Hall–Kier alpha value is -2.62. The fraction of sp³-hybridized carbons (Fsp3) is 0.421. The summed E-state index contributed by atoms with van der Waals surface area (Å²) in [6.45, 7) is 2.37. The van der Waals surface area contributed by atoms with Gasteiger partial charge in [0.25, 0.3) is 0 Å². The van der Waals surface area contributed by atoms with Crippen LogP contribution in [0, 0.1) is 12.8 Å². The number of hydrogen-bond acceptors (Lipinski definition) is 5. The van der Waals surface area contributed by atoms with Crippen molar-refractivity contribution in [3.63, 3.8) is 0 Å². The second-order valence-corrected chi connectivity index (χ2v) is 8.26. The molecule has 0 aromatic carbocycles. The van der Waals surface area contributed by atoms with Crippen LogP contribution in [0.5, 0.6) is 5.06 Å². The highest BCUT2D eigenvalue weighted by atomic mass is 32.1. The highest BCUT2D eigenvalue weighted by Crippen LogP contribution is 2.47. The second-order valence-electron chi connectivity index (χ2n) is 7.18. The lowest BCUT2D eigenvalue weighted by atomic mass is 10.2. The van der Waals surface area contributed by atoms with Crippen molar-refractivity contribution in [1.82, 2.24) is 20.3 Å². The number of fused-ring (bicyclic) bond motifs is 1. The summed E-state index contributed by atoms with van der Waals surface area (Å²) in [5, 5.41) is 3.10. The number of thiophene rings is 1. The van der Waals surface area contributed by atoms with Crippen molar-refractivity contribution in [1.29, 1.82) is 0 Å². The molecule has 0 saturated heterocycles. The molecular formula is C19H19F3N4O2S. The molecule has 3 aromatic heterocycles. The molecule has 3 aromatic rings. The van der Waals surface area contributed by atoms with Gasteiger partial charge in [-0.05, 0) is 44.5 Å². The maximum atomic E-state index is 12.6. The predicted octanol–water partition coefficient (Wildman–Crippen LogP) is 4.25. The monoisotopic (exact) mass is 424 g/mol. The van der Waals surface area contributed by atoms with Gasteiger partial charge in [0.05, 0.1) is 6.04 Å². The molecule has 1 aliphatic carbocycles. The Morgan fingerprint density at radius 1 is 1.34 bits per heavy atom. The summed E-state index contributed by atoms with van der Waals surface area (Å²) < 4.78 is 41.5. The molecule has 1 fully saturated rings. The minimum Gasteiger partial charge on any atom is -0.475 e. The molecule has 1 saturated carbocycles. The minimum atomic E-state index is -4.38. The third kappa shape index (κ3) is 4.52. The number of hydrogen-bond donors (Lipinski definition) is 2.